The van der Waals surface area contributed by atoms with Gasteiger partial charge in [0.2, 0.25) is 5.43 Å². The topological polar surface area (TPSA) is 82.3 Å². The van der Waals surface area contributed by atoms with Crippen LogP contribution >= 0.6 is 22.6 Å². The van der Waals surface area contributed by atoms with Crippen molar-refractivity contribution < 1.29 is 9.59 Å². The third-order valence-corrected chi connectivity index (χ3v) is 7.89. The van der Waals surface area contributed by atoms with Gasteiger partial charge in [-0.25, -0.2) is 0 Å². The fourth-order valence-corrected chi connectivity index (χ4v) is 5.72. The lowest BCUT2D eigenvalue weighted by Crippen LogP contribution is -2.39. The molecule has 2 heterocycles. The molecule has 6 nitrogen and oxygen atoms in total. The number of hydrogen-bond donors (Lipinski definition) is 2. The van der Waals surface area contributed by atoms with Crippen molar-refractivity contribution in [3.63, 3.8) is 0 Å². The number of aromatic amines is 1. The van der Waals surface area contributed by atoms with Crippen LogP contribution in [-0.4, -0.2) is 40.7 Å². The molecule has 1 amide bonds. The van der Waals surface area contributed by atoms with E-state index in [1.165, 1.54) is 13.1 Å². The number of H-pyrrole nitrogens is 1. The Morgan fingerprint density at radius 2 is 1.75 bits per heavy atom. The number of carbonyl (C=O) groups excluding carboxylic acids is 2. The first-order chi connectivity index (χ1) is 17.4. The molecule has 4 aromatic rings. The Balaban J connectivity index is 1.32. The maximum absolute atomic E-state index is 13.3. The molecule has 1 atom stereocenters. The van der Waals surface area contributed by atoms with Gasteiger partial charge in [-0.15, -0.1) is 0 Å². The van der Waals surface area contributed by atoms with Gasteiger partial charge in [0.05, 0.1) is 16.5 Å². The summed E-state index contributed by atoms with van der Waals surface area (Å²) in [4.78, 5) is 43.0. The SMILES string of the molecule is CC(=O)c1c[nH]c2ccc(NCC3CCCN3C(=O)c3ccc(-c4ccccc4)cc3)c(I)c2c1=O. The number of amides is 1. The lowest BCUT2D eigenvalue weighted by molar-refractivity contribution is 0.0743. The molecule has 3 aromatic carbocycles. The summed E-state index contributed by atoms with van der Waals surface area (Å²) in [6.45, 7) is 2.70. The number of benzene rings is 3. The van der Waals surface area contributed by atoms with Crippen LogP contribution in [0.2, 0.25) is 0 Å². The molecule has 0 radical (unpaired) electrons. The highest BCUT2D eigenvalue weighted by Crippen LogP contribution is 2.27. The first kappa shape index (κ1) is 24.2. The molecule has 182 valence electrons. The Labute approximate surface area is 222 Å². The maximum atomic E-state index is 13.3. The first-order valence-corrected chi connectivity index (χ1v) is 13.1. The summed E-state index contributed by atoms with van der Waals surface area (Å²) in [5.41, 5.74) is 4.30. The average Bonchev–Trinajstić information content (AvgIpc) is 3.37. The second kappa shape index (κ2) is 10.3. The van der Waals surface area contributed by atoms with Crippen molar-refractivity contribution in [2.75, 3.05) is 18.4 Å². The normalized spacial score (nSPS) is 15.3. The van der Waals surface area contributed by atoms with E-state index in [1.54, 1.807) is 0 Å². The second-order valence-electron chi connectivity index (χ2n) is 9.06. The Hall–Kier alpha value is -3.46. The molecule has 0 bridgehead atoms. The number of carbonyl (C=O) groups is 2. The van der Waals surface area contributed by atoms with Crippen LogP contribution in [0, 0.1) is 3.57 Å². The van der Waals surface area contributed by atoms with Gasteiger partial charge in [-0.2, -0.15) is 0 Å². The van der Waals surface area contributed by atoms with Gasteiger partial charge in [0.1, 0.15) is 0 Å². The Kier molecular flexibility index (Phi) is 6.91. The molecule has 0 aliphatic carbocycles. The zero-order valence-corrected chi connectivity index (χ0v) is 22.0. The molecule has 0 saturated carbocycles. The number of pyridine rings is 1. The summed E-state index contributed by atoms with van der Waals surface area (Å²) in [6.07, 6.45) is 3.35. The van der Waals surface area contributed by atoms with Gasteiger partial charge in [0.15, 0.2) is 5.78 Å². The van der Waals surface area contributed by atoms with E-state index in [4.69, 9.17) is 0 Å². The number of halogens is 1. The zero-order valence-electron chi connectivity index (χ0n) is 19.9. The number of Topliss-reactive ketones (excluding diaryl/α,β-unsaturated/α-hetero) is 1. The minimum absolute atomic E-state index is 0.0367. The van der Waals surface area contributed by atoms with Crippen LogP contribution in [0.25, 0.3) is 22.0 Å². The molecule has 1 fully saturated rings. The number of aromatic nitrogens is 1. The summed E-state index contributed by atoms with van der Waals surface area (Å²) in [7, 11) is 0. The summed E-state index contributed by atoms with van der Waals surface area (Å²) >= 11 is 2.15. The summed E-state index contributed by atoms with van der Waals surface area (Å²) in [5.74, 6) is -0.223. The first-order valence-electron chi connectivity index (χ1n) is 12.0. The number of hydrogen-bond acceptors (Lipinski definition) is 4. The van der Waals surface area contributed by atoms with Crippen molar-refractivity contribution in [1.29, 1.82) is 0 Å². The third-order valence-electron chi connectivity index (χ3n) is 6.77. The number of likely N-dealkylation sites (tertiary alicyclic amines) is 1. The Bertz CT molecular complexity index is 1500. The van der Waals surface area contributed by atoms with Gasteiger partial charge in [-0.3, -0.25) is 14.4 Å². The summed E-state index contributed by atoms with van der Waals surface area (Å²) in [6, 6.07) is 21.7. The predicted molar refractivity (Wildman–Crippen MR) is 152 cm³/mol. The van der Waals surface area contributed by atoms with E-state index in [-0.39, 0.29) is 28.7 Å². The molecule has 0 spiro atoms. The number of nitrogens with zero attached hydrogens (tertiary/aromatic N) is 1. The predicted octanol–water partition coefficient (Wildman–Crippen LogP) is 5.72. The third kappa shape index (κ3) is 4.67. The van der Waals surface area contributed by atoms with Crippen molar-refractivity contribution in [1.82, 2.24) is 9.88 Å². The van der Waals surface area contributed by atoms with Crippen molar-refractivity contribution in [2.24, 2.45) is 0 Å². The molecule has 7 heteroatoms. The van der Waals surface area contributed by atoms with Crippen LogP contribution in [0.4, 0.5) is 5.69 Å². The van der Waals surface area contributed by atoms with Crippen LogP contribution in [0.1, 0.15) is 40.5 Å². The summed E-state index contributed by atoms with van der Waals surface area (Å²) in [5, 5.41) is 3.96. The molecule has 1 aliphatic rings. The molecule has 1 unspecified atom stereocenters. The number of rotatable bonds is 6. The van der Waals surface area contributed by atoms with E-state index in [0.29, 0.717) is 23.0 Å². The van der Waals surface area contributed by atoms with Crippen molar-refractivity contribution in [2.45, 2.75) is 25.8 Å². The van der Waals surface area contributed by atoms with Crippen molar-refractivity contribution in [3.8, 4) is 11.1 Å². The number of anilines is 1. The molecular weight excluding hydrogens is 565 g/mol. The van der Waals surface area contributed by atoms with Crippen LogP contribution in [0.3, 0.4) is 0 Å². The average molecular weight is 591 g/mol. The van der Waals surface area contributed by atoms with Crippen LogP contribution in [0.15, 0.2) is 77.7 Å². The van der Waals surface area contributed by atoms with E-state index in [2.05, 4.69) is 45.0 Å². The van der Waals surface area contributed by atoms with Crippen LogP contribution in [-0.2, 0) is 0 Å². The Morgan fingerprint density at radius 3 is 2.47 bits per heavy atom. The van der Waals surface area contributed by atoms with Crippen molar-refractivity contribution in [3.05, 3.63) is 97.8 Å². The van der Waals surface area contributed by atoms with Gasteiger partial charge in [-0.05, 0) is 77.7 Å². The van der Waals surface area contributed by atoms with Crippen LogP contribution < -0.4 is 10.7 Å². The number of fused-ring (bicyclic) bond motifs is 1. The van der Waals surface area contributed by atoms with Gasteiger partial charge in [0, 0.05) is 40.1 Å². The van der Waals surface area contributed by atoms with Crippen LogP contribution in [0.5, 0.6) is 0 Å². The van der Waals surface area contributed by atoms with Crippen molar-refractivity contribution >= 4 is 50.9 Å². The molecule has 2 N–H and O–H groups in total. The molecular formula is C29H26IN3O3. The van der Waals surface area contributed by atoms with Gasteiger partial charge < -0.3 is 15.2 Å². The minimum atomic E-state index is -0.263. The highest BCUT2D eigenvalue weighted by Gasteiger charge is 2.29. The van der Waals surface area contributed by atoms with Gasteiger partial charge in [-0.1, -0.05) is 42.5 Å². The fourth-order valence-electron chi connectivity index (χ4n) is 4.81. The van der Waals surface area contributed by atoms with Gasteiger partial charge >= 0.3 is 0 Å². The van der Waals surface area contributed by atoms with E-state index in [1.807, 2.05) is 59.5 Å². The second-order valence-corrected chi connectivity index (χ2v) is 10.1. The van der Waals surface area contributed by atoms with E-state index in [9.17, 15) is 14.4 Å². The van der Waals surface area contributed by atoms with E-state index in [0.717, 1.165) is 39.8 Å². The fraction of sp³-hybridized carbons (Fsp3) is 0.207. The number of nitrogens with one attached hydrogen (secondary N) is 2. The Morgan fingerprint density at radius 1 is 1.03 bits per heavy atom. The zero-order chi connectivity index (χ0) is 25.2. The smallest absolute Gasteiger partial charge is 0.254 e. The lowest BCUT2D eigenvalue weighted by atomic mass is 10.0. The maximum Gasteiger partial charge on any atom is 0.254 e. The quantitative estimate of drug-likeness (QED) is 0.222. The molecule has 36 heavy (non-hydrogen) atoms. The van der Waals surface area contributed by atoms with E-state index >= 15 is 0 Å². The highest BCUT2D eigenvalue weighted by atomic mass is 127. The van der Waals surface area contributed by atoms with E-state index < -0.39 is 0 Å². The monoisotopic (exact) mass is 591 g/mol. The standard InChI is InChI=1S/C29H26IN3O3/c1-18(34)23-17-32-24-13-14-25(27(30)26(24)28(23)35)31-16-22-8-5-15-33(22)29(36)21-11-9-20(10-12-21)19-6-3-2-4-7-19/h2-4,6-7,9-14,17,22,31H,5,8,15-16H2,1H3,(H,32,35). The van der Waals surface area contributed by atoms with Gasteiger partial charge in [0.25, 0.3) is 5.91 Å². The number of ketones is 1. The lowest BCUT2D eigenvalue weighted by Gasteiger charge is -2.26. The molecule has 1 aromatic heterocycles. The molecule has 5 rings (SSSR count). The minimum Gasteiger partial charge on any atom is -0.382 e. The summed E-state index contributed by atoms with van der Waals surface area (Å²) < 4.78 is 0.766. The molecule has 1 saturated heterocycles. The molecule has 1 aliphatic heterocycles. The largest absolute Gasteiger partial charge is 0.382 e. The highest BCUT2D eigenvalue weighted by molar-refractivity contribution is 14.1.